The molecule has 0 saturated heterocycles. The molecule has 1 aliphatic carbocycles. The van der Waals surface area contributed by atoms with E-state index in [1.54, 1.807) is 0 Å². The predicted octanol–water partition coefficient (Wildman–Crippen LogP) is 2.74. The SMILES string of the molecule is Nc1cccc2c1CN(C1C=CCCC1)CC2. The van der Waals surface area contributed by atoms with Gasteiger partial charge in [-0.05, 0) is 42.9 Å². The summed E-state index contributed by atoms with van der Waals surface area (Å²) in [6.07, 6.45) is 9.74. The number of rotatable bonds is 1. The quantitative estimate of drug-likeness (QED) is 0.591. The monoisotopic (exact) mass is 228 g/mol. The fraction of sp³-hybridized carbons (Fsp3) is 0.467. The second kappa shape index (κ2) is 4.53. The first-order chi connectivity index (χ1) is 8.34. The van der Waals surface area contributed by atoms with Crippen LogP contribution in [0.15, 0.2) is 30.4 Å². The van der Waals surface area contributed by atoms with E-state index in [-0.39, 0.29) is 0 Å². The maximum Gasteiger partial charge on any atom is 0.0362 e. The van der Waals surface area contributed by atoms with Crippen molar-refractivity contribution in [2.24, 2.45) is 0 Å². The Labute approximate surface area is 103 Å². The van der Waals surface area contributed by atoms with Gasteiger partial charge in [-0.15, -0.1) is 0 Å². The van der Waals surface area contributed by atoms with Crippen LogP contribution >= 0.6 is 0 Å². The van der Waals surface area contributed by atoms with Gasteiger partial charge in [-0.25, -0.2) is 0 Å². The van der Waals surface area contributed by atoms with Crippen LogP contribution < -0.4 is 5.73 Å². The molecule has 2 N–H and O–H groups in total. The fourth-order valence-corrected chi connectivity index (χ4v) is 3.01. The molecule has 2 heteroatoms. The highest BCUT2D eigenvalue weighted by Gasteiger charge is 2.23. The first kappa shape index (κ1) is 10.8. The van der Waals surface area contributed by atoms with Gasteiger partial charge in [0.05, 0.1) is 0 Å². The maximum atomic E-state index is 6.09. The zero-order valence-corrected chi connectivity index (χ0v) is 10.2. The summed E-state index contributed by atoms with van der Waals surface area (Å²) in [6.45, 7) is 2.20. The van der Waals surface area contributed by atoms with Gasteiger partial charge >= 0.3 is 0 Å². The van der Waals surface area contributed by atoms with E-state index < -0.39 is 0 Å². The average Bonchev–Trinajstić information content (AvgIpc) is 2.40. The Morgan fingerprint density at radius 2 is 2.24 bits per heavy atom. The number of benzene rings is 1. The summed E-state index contributed by atoms with van der Waals surface area (Å²) < 4.78 is 0. The molecule has 3 rings (SSSR count). The van der Waals surface area contributed by atoms with E-state index in [0.29, 0.717) is 6.04 Å². The maximum absolute atomic E-state index is 6.09. The minimum Gasteiger partial charge on any atom is -0.398 e. The van der Waals surface area contributed by atoms with Crippen molar-refractivity contribution in [2.45, 2.75) is 38.3 Å². The van der Waals surface area contributed by atoms with E-state index in [4.69, 9.17) is 5.73 Å². The number of hydrogen-bond donors (Lipinski definition) is 1. The molecular formula is C15H20N2. The molecule has 17 heavy (non-hydrogen) atoms. The molecule has 1 unspecified atom stereocenters. The molecular weight excluding hydrogens is 208 g/mol. The molecule has 0 saturated carbocycles. The zero-order chi connectivity index (χ0) is 11.7. The minimum absolute atomic E-state index is 0.636. The van der Waals surface area contributed by atoms with E-state index in [9.17, 15) is 0 Å². The van der Waals surface area contributed by atoms with Crippen LogP contribution in [-0.4, -0.2) is 17.5 Å². The second-order valence-electron chi connectivity index (χ2n) is 5.13. The Bertz CT molecular complexity index is 437. The molecule has 90 valence electrons. The molecule has 0 bridgehead atoms. The number of nitrogens with two attached hydrogens (primary N) is 1. The Kier molecular flexibility index (Phi) is 2.89. The third-order valence-electron chi connectivity index (χ3n) is 4.04. The van der Waals surface area contributed by atoms with Crippen molar-refractivity contribution in [2.75, 3.05) is 12.3 Å². The third-order valence-corrected chi connectivity index (χ3v) is 4.04. The van der Waals surface area contributed by atoms with E-state index in [0.717, 1.165) is 18.7 Å². The van der Waals surface area contributed by atoms with Crippen molar-refractivity contribution < 1.29 is 0 Å². The summed E-state index contributed by atoms with van der Waals surface area (Å²) in [7, 11) is 0. The standard InChI is InChI=1S/C15H20N2/c16-15-8-4-5-12-9-10-17(11-14(12)15)13-6-2-1-3-7-13/h2,4-6,8,13H,1,3,7,9-11,16H2. The summed E-state index contributed by atoms with van der Waals surface area (Å²) >= 11 is 0. The Morgan fingerprint density at radius 3 is 3.06 bits per heavy atom. The Hall–Kier alpha value is -1.28. The van der Waals surface area contributed by atoms with Crippen molar-refractivity contribution in [1.82, 2.24) is 4.90 Å². The Balaban J connectivity index is 1.82. The molecule has 1 atom stereocenters. The van der Waals surface area contributed by atoms with Gasteiger partial charge in [-0.3, -0.25) is 4.90 Å². The fourth-order valence-electron chi connectivity index (χ4n) is 3.01. The van der Waals surface area contributed by atoms with Gasteiger partial charge in [0.1, 0.15) is 0 Å². The van der Waals surface area contributed by atoms with Crippen LogP contribution in [0, 0.1) is 0 Å². The van der Waals surface area contributed by atoms with Crippen LogP contribution in [0.1, 0.15) is 30.4 Å². The topological polar surface area (TPSA) is 29.3 Å². The summed E-state index contributed by atoms with van der Waals surface area (Å²) in [5.74, 6) is 0. The summed E-state index contributed by atoms with van der Waals surface area (Å²) in [5, 5.41) is 0. The number of nitrogen functional groups attached to an aromatic ring is 1. The largest absolute Gasteiger partial charge is 0.398 e. The van der Waals surface area contributed by atoms with Crippen LogP contribution in [0.4, 0.5) is 5.69 Å². The first-order valence-electron chi connectivity index (χ1n) is 6.61. The molecule has 2 nitrogen and oxygen atoms in total. The van der Waals surface area contributed by atoms with Gasteiger partial charge in [0.2, 0.25) is 0 Å². The van der Waals surface area contributed by atoms with Crippen LogP contribution in [-0.2, 0) is 13.0 Å². The number of fused-ring (bicyclic) bond motifs is 1. The Morgan fingerprint density at radius 1 is 1.29 bits per heavy atom. The number of hydrogen-bond acceptors (Lipinski definition) is 2. The third kappa shape index (κ3) is 2.09. The van der Waals surface area contributed by atoms with Crippen molar-refractivity contribution in [3.05, 3.63) is 41.5 Å². The van der Waals surface area contributed by atoms with Gasteiger partial charge in [-0.1, -0.05) is 24.3 Å². The molecule has 0 radical (unpaired) electrons. The molecule has 0 spiro atoms. The lowest BCUT2D eigenvalue weighted by Crippen LogP contribution is -2.39. The number of anilines is 1. The van der Waals surface area contributed by atoms with Crippen molar-refractivity contribution in [3.8, 4) is 0 Å². The highest BCUT2D eigenvalue weighted by atomic mass is 15.2. The van der Waals surface area contributed by atoms with Crippen molar-refractivity contribution in [1.29, 1.82) is 0 Å². The molecule has 0 amide bonds. The lowest BCUT2D eigenvalue weighted by atomic mass is 9.94. The normalized spacial score (nSPS) is 24.6. The smallest absolute Gasteiger partial charge is 0.0362 e. The van der Waals surface area contributed by atoms with E-state index in [2.05, 4.69) is 29.2 Å². The first-order valence-corrected chi connectivity index (χ1v) is 6.61. The predicted molar refractivity (Wildman–Crippen MR) is 71.7 cm³/mol. The number of nitrogens with zero attached hydrogens (tertiary/aromatic N) is 1. The van der Waals surface area contributed by atoms with Crippen LogP contribution in [0.25, 0.3) is 0 Å². The van der Waals surface area contributed by atoms with E-state index >= 15 is 0 Å². The minimum atomic E-state index is 0.636. The zero-order valence-electron chi connectivity index (χ0n) is 10.2. The number of allylic oxidation sites excluding steroid dienone is 1. The molecule has 0 aromatic heterocycles. The average molecular weight is 228 g/mol. The lowest BCUT2D eigenvalue weighted by Gasteiger charge is -2.35. The molecule has 0 fully saturated rings. The van der Waals surface area contributed by atoms with E-state index in [1.165, 1.54) is 36.9 Å². The molecule has 1 aromatic carbocycles. The van der Waals surface area contributed by atoms with Gasteiger partial charge < -0.3 is 5.73 Å². The van der Waals surface area contributed by atoms with Crippen LogP contribution in [0.3, 0.4) is 0 Å². The highest BCUT2D eigenvalue weighted by Crippen LogP contribution is 2.27. The molecule has 1 heterocycles. The lowest BCUT2D eigenvalue weighted by molar-refractivity contribution is 0.196. The van der Waals surface area contributed by atoms with Gasteiger partial charge in [0, 0.05) is 24.8 Å². The van der Waals surface area contributed by atoms with Gasteiger partial charge in [0.25, 0.3) is 0 Å². The molecule has 2 aliphatic rings. The highest BCUT2D eigenvalue weighted by molar-refractivity contribution is 5.51. The van der Waals surface area contributed by atoms with Gasteiger partial charge in [0.15, 0.2) is 0 Å². The molecule has 1 aliphatic heterocycles. The van der Waals surface area contributed by atoms with Crippen molar-refractivity contribution in [3.63, 3.8) is 0 Å². The summed E-state index contributed by atoms with van der Waals surface area (Å²) in [4.78, 5) is 2.58. The van der Waals surface area contributed by atoms with Crippen LogP contribution in [0.5, 0.6) is 0 Å². The summed E-state index contributed by atoms with van der Waals surface area (Å²) in [6, 6.07) is 6.96. The van der Waals surface area contributed by atoms with E-state index in [1.807, 2.05) is 6.07 Å². The summed E-state index contributed by atoms with van der Waals surface area (Å²) in [5.41, 5.74) is 9.86. The molecule has 1 aromatic rings. The van der Waals surface area contributed by atoms with Gasteiger partial charge in [-0.2, -0.15) is 0 Å². The van der Waals surface area contributed by atoms with Crippen LogP contribution in [0.2, 0.25) is 0 Å². The second-order valence-corrected chi connectivity index (χ2v) is 5.13. The van der Waals surface area contributed by atoms with Crippen molar-refractivity contribution >= 4 is 5.69 Å².